The van der Waals surface area contributed by atoms with E-state index in [1.165, 1.54) is 5.56 Å². The van der Waals surface area contributed by atoms with Crippen molar-refractivity contribution in [3.63, 3.8) is 0 Å². The third-order valence-electron chi connectivity index (χ3n) is 6.90. The van der Waals surface area contributed by atoms with Gasteiger partial charge in [-0.15, -0.1) is 0 Å². The number of aromatic nitrogens is 3. The van der Waals surface area contributed by atoms with E-state index in [0.717, 1.165) is 47.7 Å². The van der Waals surface area contributed by atoms with Crippen molar-refractivity contribution in [1.29, 1.82) is 0 Å². The maximum atomic E-state index is 12.4. The van der Waals surface area contributed by atoms with Crippen LogP contribution in [0, 0.1) is 12.3 Å². The summed E-state index contributed by atoms with van der Waals surface area (Å²) in [5.74, 6) is 0.790. The Kier molecular flexibility index (Phi) is 5.78. The van der Waals surface area contributed by atoms with Crippen molar-refractivity contribution in [2.24, 2.45) is 5.41 Å². The van der Waals surface area contributed by atoms with E-state index in [9.17, 15) is 4.79 Å². The van der Waals surface area contributed by atoms with E-state index in [2.05, 4.69) is 47.5 Å². The zero-order chi connectivity index (χ0) is 24.0. The van der Waals surface area contributed by atoms with Gasteiger partial charge in [-0.1, -0.05) is 25.4 Å². The van der Waals surface area contributed by atoms with Crippen LogP contribution in [0.25, 0.3) is 11.3 Å². The second-order valence-corrected chi connectivity index (χ2v) is 10.5. The Balaban J connectivity index is 1.49. The highest BCUT2D eigenvalue weighted by atomic mass is 35.5. The summed E-state index contributed by atoms with van der Waals surface area (Å²) in [6.45, 7) is 8.77. The number of pyridine rings is 1. The number of hydrogen-bond donors (Lipinski definition) is 2. The summed E-state index contributed by atoms with van der Waals surface area (Å²) in [5.41, 5.74) is 6.16. The Morgan fingerprint density at radius 3 is 2.82 bits per heavy atom. The predicted molar refractivity (Wildman–Crippen MR) is 136 cm³/mol. The van der Waals surface area contributed by atoms with Crippen molar-refractivity contribution < 1.29 is 4.79 Å². The Morgan fingerprint density at radius 2 is 2.03 bits per heavy atom. The monoisotopic (exact) mass is 476 g/mol. The fraction of sp³-hybridized carbons (Fsp3) is 0.385. The quantitative estimate of drug-likeness (QED) is 0.541. The molecule has 1 aromatic carbocycles. The van der Waals surface area contributed by atoms with Crippen LogP contribution in [0.3, 0.4) is 0 Å². The van der Waals surface area contributed by atoms with Crippen molar-refractivity contribution in [1.82, 2.24) is 19.9 Å². The summed E-state index contributed by atoms with van der Waals surface area (Å²) in [5, 5.41) is 6.86. The predicted octanol–water partition coefficient (Wildman–Crippen LogP) is 5.18. The van der Waals surface area contributed by atoms with Crippen LogP contribution in [-0.4, -0.2) is 45.9 Å². The second kappa shape index (κ2) is 8.64. The Hall–Kier alpha value is -3.03. The topological polar surface area (TPSA) is 83.0 Å². The molecule has 2 aromatic heterocycles. The maximum absolute atomic E-state index is 12.4. The lowest BCUT2D eigenvalue weighted by atomic mass is 9.71. The lowest BCUT2D eigenvalue weighted by Gasteiger charge is -2.43. The van der Waals surface area contributed by atoms with Gasteiger partial charge in [-0.3, -0.25) is 9.78 Å². The minimum atomic E-state index is -0.111. The first-order valence-corrected chi connectivity index (χ1v) is 12.0. The zero-order valence-electron chi connectivity index (χ0n) is 19.9. The number of fused-ring (bicyclic) bond motifs is 3. The number of benzene rings is 1. The number of amides is 1. The summed E-state index contributed by atoms with van der Waals surface area (Å²) < 4.78 is 0. The van der Waals surface area contributed by atoms with E-state index >= 15 is 0 Å². The van der Waals surface area contributed by atoms with E-state index in [1.54, 1.807) is 18.3 Å². The average Bonchev–Trinajstić information content (AvgIpc) is 2.89. The first kappa shape index (κ1) is 22.7. The molecule has 1 unspecified atom stereocenters. The lowest BCUT2D eigenvalue weighted by molar-refractivity contribution is -0.115. The molecule has 0 saturated carbocycles. The summed E-state index contributed by atoms with van der Waals surface area (Å²) in [6, 6.07) is 7.63. The Morgan fingerprint density at radius 1 is 1.21 bits per heavy atom. The molecule has 2 aliphatic rings. The van der Waals surface area contributed by atoms with Gasteiger partial charge in [-0.2, -0.15) is 0 Å². The summed E-state index contributed by atoms with van der Waals surface area (Å²) in [7, 11) is 2.18. The highest BCUT2D eigenvalue weighted by molar-refractivity contribution is 6.31. The third-order valence-corrected chi connectivity index (χ3v) is 7.14. The van der Waals surface area contributed by atoms with Crippen molar-refractivity contribution in [3.05, 3.63) is 58.5 Å². The molecule has 2 aliphatic heterocycles. The van der Waals surface area contributed by atoms with Crippen LogP contribution in [0.4, 0.5) is 17.3 Å². The van der Waals surface area contributed by atoms with Gasteiger partial charge < -0.3 is 15.5 Å². The molecule has 1 fully saturated rings. The highest BCUT2D eigenvalue weighted by Gasteiger charge is 2.36. The molecule has 1 atom stereocenters. The number of nitrogens with zero attached hydrogens (tertiary/aromatic N) is 4. The molecular formula is C26H29ClN6O. The number of nitrogens with one attached hydrogen (secondary N) is 2. The molecule has 1 saturated heterocycles. The van der Waals surface area contributed by atoms with Gasteiger partial charge in [0.2, 0.25) is 11.9 Å². The van der Waals surface area contributed by atoms with Gasteiger partial charge >= 0.3 is 0 Å². The number of aryl methyl sites for hydroxylation is 1. The molecule has 5 rings (SSSR count). The van der Waals surface area contributed by atoms with Crippen LogP contribution in [0.5, 0.6) is 0 Å². The minimum Gasteiger partial charge on any atom is -0.325 e. The molecule has 3 aromatic rings. The summed E-state index contributed by atoms with van der Waals surface area (Å²) in [6.07, 6.45) is 5.04. The maximum Gasteiger partial charge on any atom is 0.228 e. The van der Waals surface area contributed by atoms with Gasteiger partial charge in [0.1, 0.15) is 0 Å². The van der Waals surface area contributed by atoms with E-state index in [4.69, 9.17) is 21.6 Å². The van der Waals surface area contributed by atoms with Crippen molar-refractivity contribution in [2.45, 2.75) is 39.5 Å². The number of anilines is 3. The number of halogens is 1. The second-order valence-electron chi connectivity index (χ2n) is 10.1. The number of carbonyl (C=O) groups excluding carboxylic acids is 1. The smallest absolute Gasteiger partial charge is 0.228 e. The Labute approximate surface area is 205 Å². The Bertz CT molecular complexity index is 1270. The standard InChI is InChI=1S/C26H29ClN6O/c1-15-21(9-16(12-28-15)20-7-8-33(4)14-26(20,2)3)31-25-29-13-17-10-23(34)30-22-11-18(27)5-6-19(22)24(17)32-25/h5-6,9,11-13,20H,7-8,10,14H2,1-4H3,(H,30,34)(H,29,31,32). The van der Waals surface area contributed by atoms with Crippen LogP contribution < -0.4 is 10.6 Å². The highest BCUT2D eigenvalue weighted by Crippen LogP contribution is 2.42. The van der Waals surface area contributed by atoms with E-state index in [1.807, 2.05) is 19.2 Å². The van der Waals surface area contributed by atoms with E-state index < -0.39 is 0 Å². The molecule has 1 amide bonds. The lowest BCUT2D eigenvalue weighted by Crippen LogP contribution is -2.42. The van der Waals surface area contributed by atoms with Gasteiger partial charge in [0.05, 0.1) is 29.2 Å². The fourth-order valence-electron chi connectivity index (χ4n) is 5.25. The minimum absolute atomic E-state index is 0.111. The van der Waals surface area contributed by atoms with Gasteiger partial charge in [0.15, 0.2) is 0 Å². The van der Waals surface area contributed by atoms with Crippen molar-refractivity contribution in [2.75, 3.05) is 30.8 Å². The van der Waals surface area contributed by atoms with Crippen LogP contribution >= 0.6 is 11.6 Å². The zero-order valence-corrected chi connectivity index (χ0v) is 20.7. The first-order chi connectivity index (χ1) is 16.2. The number of hydrogen-bond acceptors (Lipinski definition) is 6. The van der Waals surface area contributed by atoms with Crippen LogP contribution in [-0.2, 0) is 11.2 Å². The van der Waals surface area contributed by atoms with Crippen LogP contribution in [0.1, 0.15) is 43.0 Å². The van der Waals surface area contributed by atoms with Gasteiger partial charge in [0, 0.05) is 35.1 Å². The van der Waals surface area contributed by atoms with Gasteiger partial charge in [0.25, 0.3) is 0 Å². The normalized spacial score (nSPS) is 19.6. The number of likely N-dealkylation sites (tertiary alicyclic amines) is 1. The molecular weight excluding hydrogens is 448 g/mol. The van der Waals surface area contributed by atoms with Gasteiger partial charge in [-0.05, 0) is 68.1 Å². The van der Waals surface area contributed by atoms with Crippen molar-refractivity contribution in [3.8, 4) is 11.3 Å². The van der Waals surface area contributed by atoms with E-state index in [-0.39, 0.29) is 17.7 Å². The average molecular weight is 477 g/mol. The summed E-state index contributed by atoms with van der Waals surface area (Å²) in [4.78, 5) is 28.8. The molecule has 4 heterocycles. The molecule has 0 bridgehead atoms. The molecule has 0 radical (unpaired) electrons. The first-order valence-electron chi connectivity index (χ1n) is 11.6. The molecule has 34 heavy (non-hydrogen) atoms. The summed E-state index contributed by atoms with van der Waals surface area (Å²) >= 11 is 6.16. The van der Waals surface area contributed by atoms with Gasteiger partial charge in [-0.25, -0.2) is 9.97 Å². The largest absolute Gasteiger partial charge is 0.325 e. The number of rotatable bonds is 3. The molecule has 8 heteroatoms. The SMILES string of the molecule is Cc1ncc(C2CCN(C)CC2(C)C)cc1Nc1ncc2c(n1)-c1ccc(Cl)cc1NC(=O)C2. The van der Waals surface area contributed by atoms with Crippen LogP contribution in [0.15, 0.2) is 36.7 Å². The number of carbonyl (C=O) groups is 1. The molecule has 176 valence electrons. The molecule has 0 aliphatic carbocycles. The van der Waals surface area contributed by atoms with Crippen molar-refractivity contribution >= 4 is 34.8 Å². The van der Waals surface area contributed by atoms with Crippen LogP contribution in [0.2, 0.25) is 5.02 Å². The molecule has 2 N–H and O–H groups in total. The third kappa shape index (κ3) is 4.38. The molecule has 0 spiro atoms. The van der Waals surface area contributed by atoms with E-state index in [0.29, 0.717) is 22.6 Å². The fourth-order valence-corrected chi connectivity index (χ4v) is 5.43. The number of piperidine rings is 1. The molecule has 7 nitrogen and oxygen atoms in total.